The van der Waals surface area contributed by atoms with Gasteiger partial charge in [-0.15, -0.1) is 0 Å². The molecule has 0 aliphatic heterocycles. The van der Waals surface area contributed by atoms with Gasteiger partial charge in [0.2, 0.25) is 0 Å². The zero-order valence-electron chi connectivity index (χ0n) is 12.9. The molecule has 21 heavy (non-hydrogen) atoms. The highest BCUT2D eigenvalue weighted by molar-refractivity contribution is 5.47. The van der Waals surface area contributed by atoms with Gasteiger partial charge in [0.25, 0.3) is 0 Å². The van der Waals surface area contributed by atoms with E-state index in [0.29, 0.717) is 11.7 Å². The van der Waals surface area contributed by atoms with Crippen LogP contribution in [0.25, 0.3) is 0 Å². The Kier molecular flexibility index (Phi) is 5.11. The molecule has 1 heterocycles. The number of benzene rings is 1. The summed E-state index contributed by atoms with van der Waals surface area (Å²) in [6, 6.07) is 10.4. The zero-order chi connectivity index (χ0) is 15.2. The molecule has 0 fully saturated rings. The maximum atomic E-state index is 5.43. The number of nitrogens with one attached hydrogen (secondary N) is 2. The first-order valence-corrected chi connectivity index (χ1v) is 7.29. The van der Waals surface area contributed by atoms with Crippen molar-refractivity contribution >= 4 is 11.6 Å². The quantitative estimate of drug-likeness (QED) is 0.562. The molecule has 0 aliphatic carbocycles. The standard InChI is InChI=1S/C16H23N5/c1-4-14-19-15(9-16(20-14)21-17)18-10-12-5-7-13(8-6-12)11(2)3/h5-9,11H,4,10,17H2,1-3H3,(H2,18,19,20,21). The molecule has 0 unspecified atom stereocenters. The maximum absolute atomic E-state index is 5.43. The van der Waals surface area contributed by atoms with Gasteiger partial charge in [-0.25, -0.2) is 15.8 Å². The van der Waals surface area contributed by atoms with Crippen molar-refractivity contribution in [3.05, 3.63) is 47.3 Å². The number of hydrogen-bond acceptors (Lipinski definition) is 5. The predicted molar refractivity (Wildman–Crippen MR) is 87.1 cm³/mol. The van der Waals surface area contributed by atoms with Crippen molar-refractivity contribution in [3.63, 3.8) is 0 Å². The number of nitrogen functional groups attached to an aromatic ring is 1. The first-order valence-electron chi connectivity index (χ1n) is 7.29. The third kappa shape index (κ3) is 4.16. The van der Waals surface area contributed by atoms with Crippen molar-refractivity contribution in [2.24, 2.45) is 5.84 Å². The average Bonchev–Trinajstić information content (AvgIpc) is 2.52. The van der Waals surface area contributed by atoms with Crippen LogP contribution in [0.4, 0.5) is 11.6 Å². The fourth-order valence-electron chi connectivity index (χ4n) is 2.03. The van der Waals surface area contributed by atoms with Crippen LogP contribution in [0.15, 0.2) is 30.3 Å². The zero-order valence-corrected chi connectivity index (χ0v) is 12.9. The van der Waals surface area contributed by atoms with E-state index in [0.717, 1.165) is 24.6 Å². The fourth-order valence-corrected chi connectivity index (χ4v) is 2.03. The SMILES string of the molecule is CCc1nc(NN)cc(NCc2ccc(C(C)C)cc2)n1. The van der Waals surface area contributed by atoms with Crippen LogP contribution in [0.5, 0.6) is 0 Å². The molecule has 0 bridgehead atoms. The fraction of sp³-hybridized carbons (Fsp3) is 0.375. The van der Waals surface area contributed by atoms with Crippen LogP contribution in [0.2, 0.25) is 0 Å². The van der Waals surface area contributed by atoms with Gasteiger partial charge in [0.15, 0.2) is 0 Å². The van der Waals surface area contributed by atoms with E-state index >= 15 is 0 Å². The van der Waals surface area contributed by atoms with Crippen molar-refractivity contribution in [3.8, 4) is 0 Å². The summed E-state index contributed by atoms with van der Waals surface area (Å²) in [5, 5.41) is 3.31. The summed E-state index contributed by atoms with van der Waals surface area (Å²) in [6.45, 7) is 7.14. The van der Waals surface area contributed by atoms with E-state index in [-0.39, 0.29) is 0 Å². The second-order valence-corrected chi connectivity index (χ2v) is 5.30. The highest BCUT2D eigenvalue weighted by Crippen LogP contribution is 2.16. The lowest BCUT2D eigenvalue weighted by molar-refractivity contribution is 0.865. The number of aryl methyl sites for hydroxylation is 1. The summed E-state index contributed by atoms with van der Waals surface area (Å²) in [5.41, 5.74) is 5.14. The molecule has 1 aromatic carbocycles. The molecule has 5 heteroatoms. The van der Waals surface area contributed by atoms with Gasteiger partial charge in [-0.3, -0.25) is 0 Å². The van der Waals surface area contributed by atoms with Crippen LogP contribution in [-0.4, -0.2) is 9.97 Å². The molecule has 2 aromatic rings. The summed E-state index contributed by atoms with van der Waals surface area (Å²) >= 11 is 0. The summed E-state index contributed by atoms with van der Waals surface area (Å²) < 4.78 is 0. The van der Waals surface area contributed by atoms with Gasteiger partial charge in [-0.2, -0.15) is 0 Å². The van der Waals surface area contributed by atoms with Crippen molar-refractivity contribution in [2.45, 2.75) is 39.7 Å². The average molecular weight is 285 g/mol. The Morgan fingerprint density at radius 2 is 1.76 bits per heavy atom. The smallest absolute Gasteiger partial charge is 0.145 e. The highest BCUT2D eigenvalue weighted by atomic mass is 15.3. The Morgan fingerprint density at radius 1 is 1.10 bits per heavy atom. The molecular formula is C16H23N5. The molecule has 0 amide bonds. The summed E-state index contributed by atoms with van der Waals surface area (Å²) in [7, 11) is 0. The lowest BCUT2D eigenvalue weighted by atomic mass is 10.0. The Hall–Kier alpha value is -2.14. The van der Waals surface area contributed by atoms with E-state index in [1.54, 1.807) is 0 Å². The van der Waals surface area contributed by atoms with Gasteiger partial charge in [0.05, 0.1) is 0 Å². The minimum atomic E-state index is 0.555. The van der Waals surface area contributed by atoms with Crippen LogP contribution in [0.3, 0.4) is 0 Å². The number of anilines is 2. The minimum absolute atomic E-state index is 0.555. The van der Waals surface area contributed by atoms with E-state index in [1.807, 2.05) is 13.0 Å². The molecule has 2 rings (SSSR count). The Balaban J connectivity index is 2.05. The van der Waals surface area contributed by atoms with Crippen molar-refractivity contribution in [2.75, 3.05) is 10.7 Å². The van der Waals surface area contributed by atoms with Crippen LogP contribution >= 0.6 is 0 Å². The monoisotopic (exact) mass is 285 g/mol. The first kappa shape index (κ1) is 15.3. The van der Waals surface area contributed by atoms with Crippen molar-refractivity contribution < 1.29 is 0 Å². The molecule has 0 spiro atoms. The normalized spacial score (nSPS) is 10.7. The van der Waals surface area contributed by atoms with Gasteiger partial charge >= 0.3 is 0 Å². The predicted octanol–water partition coefficient (Wildman–Crippen LogP) is 3.06. The molecule has 112 valence electrons. The van der Waals surface area contributed by atoms with Crippen LogP contribution in [-0.2, 0) is 13.0 Å². The van der Waals surface area contributed by atoms with Crippen molar-refractivity contribution in [1.29, 1.82) is 0 Å². The number of rotatable bonds is 6. The molecular weight excluding hydrogens is 262 g/mol. The number of aromatic nitrogens is 2. The van der Waals surface area contributed by atoms with Gasteiger partial charge in [-0.05, 0) is 17.0 Å². The van der Waals surface area contributed by atoms with Gasteiger partial charge in [0.1, 0.15) is 17.5 Å². The minimum Gasteiger partial charge on any atom is -0.366 e. The third-order valence-corrected chi connectivity index (χ3v) is 3.36. The lowest BCUT2D eigenvalue weighted by Gasteiger charge is -2.10. The molecule has 5 nitrogen and oxygen atoms in total. The summed E-state index contributed by atoms with van der Waals surface area (Å²) in [6.07, 6.45) is 0.771. The molecule has 0 saturated carbocycles. The lowest BCUT2D eigenvalue weighted by Crippen LogP contribution is -2.12. The Bertz CT molecular complexity index is 555. The Morgan fingerprint density at radius 3 is 2.33 bits per heavy atom. The number of nitrogens with zero attached hydrogens (tertiary/aromatic N) is 2. The van der Waals surface area contributed by atoms with Crippen molar-refractivity contribution in [1.82, 2.24) is 9.97 Å². The molecule has 4 N–H and O–H groups in total. The first-order chi connectivity index (χ1) is 10.1. The van der Waals surface area contributed by atoms with E-state index < -0.39 is 0 Å². The molecule has 0 radical (unpaired) electrons. The number of hydrogen-bond donors (Lipinski definition) is 3. The Labute approximate surface area is 126 Å². The molecule has 0 saturated heterocycles. The van der Waals surface area contributed by atoms with E-state index in [1.165, 1.54) is 11.1 Å². The van der Waals surface area contributed by atoms with E-state index in [9.17, 15) is 0 Å². The van der Waals surface area contributed by atoms with E-state index in [4.69, 9.17) is 5.84 Å². The molecule has 0 atom stereocenters. The third-order valence-electron chi connectivity index (χ3n) is 3.36. The molecule has 1 aromatic heterocycles. The summed E-state index contributed by atoms with van der Waals surface area (Å²) in [5.74, 6) is 8.15. The second kappa shape index (κ2) is 7.04. The largest absolute Gasteiger partial charge is 0.366 e. The highest BCUT2D eigenvalue weighted by Gasteiger charge is 2.03. The molecule has 0 aliphatic rings. The number of nitrogens with two attached hydrogens (primary N) is 1. The van der Waals surface area contributed by atoms with E-state index in [2.05, 4.69) is 58.8 Å². The van der Waals surface area contributed by atoms with Crippen LogP contribution < -0.4 is 16.6 Å². The second-order valence-electron chi connectivity index (χ2n) is 5.30. The van der Waals surface area contributed by atoms with Gasteiger partial charge < -0.3 is 10.7 Å². The maximum Gasteiger partial charge on any atom is 0.145 e. The topological polar surface area (TPSA) is 75.9 Å². The number of hydrazine groups is 1. The van der Waals surface area contributed by atoms with Gasteiger partial charge in [0, 0.05) is 19.0 Å². The van der Waals surface area contributed by atoms with Gasteiger partial charge in [-0.1, -0.05) is 45.0 Å². The summed E-state index contributed by atoms with van der Waals surface area (Å²) in [4.78, 5) is 8.71. The van der Waals surface area contributed by atoms with Crippen LogP contribution in [0, 0.1) is 0 Å². The van der Waals surface area contributed by atoms with Crippen LogP contribution in [0.1, 0.15) is 43.6 Å².